The number of ether oxygens (including phenoxy) is 1. The lowest BCUT2D eigenvalue weighted by atomic mass is 10.1. The van der Waals surface area contributed by atoms with Crippen molar-refractivity contribution < 1.29 is 9.53 Å². The van der Waals surface area contributed by atoms with E-state index >= 15 is 0 Å². The summed E-state index contributed by atoms with van der Waals surface area (Å²) in [6.45, 7) is 0.774. The number of nitriles is 1. The predicted molar refractivity (Wildman–Crippen MR) is 81.2 cm³/mol. The molecule has 0 bridgehead atoms. The Labute approximate surface area is 134 Å². The van der Waals surface area contributed by atoms with E-state index in [1.54, 1.807) is 18.2 Å². The number of carbonyl (C=O) groups is 1. The Balaban J connectivity index is 1.90. The second-order valence-corrected chi connectivity index (χ2v) is 5.79. The molecule has 1 heterocycles. The Morgan fingerprint density at radius 2 is 2.29 bits per heavy atom. The molecule has 2 atom stereocenters. The van der Waals surface area contributed by atoms with Crippen molar-refractivity contribution in [3.05, 3.63) is 33.8 Å². The zero-order valence-corrected chi connectivity index (χ0v) is 13.0. The summed E-state index contributed by atoms with van der Waals surface area (Å²) in [5.74, 6) is -0.164. The lowest BCUT2D eigenvalue weighted by molar-refractivity contribution is -0.122. The van der Waals surface area contributed by atoms with Crippen LogP contribution in [0, 0.1) is 11.3 Å². The fraction of sp³-hybridized carbons (Fsp3) is 0.467. The summed E-state index contributed by atoms with van der Waals surface area (Å²) >= 11 is 11.8. The fourth-order valence-electron chi connectivity index (χ4n) is 2.28. The fourth-order valence-corrected chi connectivity index (χ4v) is 2.59. The van der Waals surface area contributed by atoms with Crippen LogP contribution in [0.25, 0.3) is 0 Å². The van der Waals surface area contributed by atoms with Crippen LogP contribution in [-0.2, 0) is 9.53 Å². The van der Waals surface area contributed by atoms with Crippen LogP contribution in [0.3, 0.4) is 0 Å². The smallest absolute Gasteiger partial charge is 0.221 e. The molecule has 2 rings (SSSR count). The van der Waals surface area contributed by atoms with E-state index in [9.17, 15) is 10.1 Å². The minimum atomic E-state index is -0.725. The molecule has 0 aromatic heterocycles. The molecule has 1 fully saturated rings. The number of hydrogen-bond donors (Lipinski definition) is 1. The van der Waals surface area contributed by atoms with Gasteiger partial charge in [0, 0.05) is 13.0 Å². The lowest BCUT2D eigenvalue weighted by Crippen LogP contribution is -2.28. The van der Waals surface area contributed by atoms with Crippen molar-refractivity contribution in [2.45, 2.75) is 37.8 Å². The average Bonchev–Trinajstić information content (AvgIpc) is 2.99. The number of amides is 1. The van der Waals surface area contributed by atoms with Crippen molar-refractivity contribution in [3.63, 3.8) is 0 Å². The van der Waals surface area contributed by atoms with Gasteiger partial charge in [-0.05, 0) is 37.0 Å². The van der Waals surface area contributed by atoms with Gasteiger partial charge in [0.25, 0.3) is 0 Å². The molecule has 4 nitrogen and oxygen atoms in total. The number of nitrogens with zero attached hydrogens (tertiary/aromatic N) is 1. The molecule has 0 aliphatic carbocycles. The van der Waals surface area contributed by atoms with Crippen LogP contribution in [0.15, 0.2) is 18.2 Å². The molecule has 21 heavy (non-hydrogen) atoms. The van der Waals surface area contributed by atoms with Crippen molar-refractivity contribution in [2.24, 2.45) is 0 Å². The first-order valence-electron chi connectivity index (χ1n) is 6.85. The monoisotopic (exact) mass is 326 g/mol. The van der Waals surface area contributed by atoms with Gasteiger partial charge in [0.2, 0.25) is 5.91 Å². The number of halogens is 2. The first-order chi connectivity index (χ1) is 10.1. The van der Waals surface area contributed by atoms with E-state index in [-0.39, 0.29) is 12.0 Å². The van der Waals surface area contributed by atoms with Crippen molar-refractivity contribution >= 4 is 29.1 Å². The second kappa shape index (κ2) is 7.65. The molecular formula is C15H16Cl2N2O2. The van der Waals surface area contributed by atoms with Gasteiger partial charge in [-0.1, -0.05) is 29.3 Å². The normalized spacial score (nSPS) is 19.0. The van der Waals surface area contributed by atoms with Crippen LogP contribution in [-0.4, -0.2) is 18.6 Å². The first kappa shape index (κ1) is 16.1. The SMILES string of the molecule is N#CC(NC(=O)CCC1CCCO1)c1ccc(Cl)c(Cl)c1. The molecule has 0 spiro atoms. The Bertz CT molecular complexity index is 551. The maximum atomic E-state index is 11.9. The summed E-state index contributed by atoms with van der Waals surface area (Å²) in [5, 5.41) is 12.7. The van der Waals surface area contributed by atoms with Gasteiger partial charge < -0.3 is 10.1 Å². The molecule has 1 N–H and O–H groups in total. The Morgan fingerprint density at radius 3 is 2.90 bits per heavy atom. The molecule has 1 amide bonds. The summed E-state index contributed by atoms with van der Waals surface area (Å²) in [4.78, 5) is 11.9. The molecule has 0 radical (unpaired) electrons. The highest BCUT2D eigenvalue weighted by atomic mass is 35.5. The maximum absolute atomic E-state index is 11.9. The van der Waals surface area contributed by atoms with Gasteiger partial charge in [0.15, 0.2) is 0 Å². The van der Waals surface area contributed by atoms with E-state index in [4.69, 9.17) is 27.9 Å². The van der Waals surface area contributed by atoms with Crippen LogP contribution < -0.4 is 5.32 Å². The molecular weight excluding hydrogens is 311 g/mol. The van der Waals surface area contributed by atoms with E-state index in [0.717, 1.165) is 19.4 Å². The maximum Gasteiger partial charge on any atom is 0.221 e. The third-order valence-corrected chi connectivity index (χ3v) is 4.17. The molecule has 6 heteroatoms. The standard InChI is InChI=1S/C15H16Cl2N2O2/c16-12-5-3-10(8-13(12)17)14(9-18)19-15(20)6-4-11-2-1-7-21-11/h3,5,8,11,14H,1-2,4,6-7H2,(H,19,20). The van der Waals surface area contributed by atoms with Gasteiger partial charge in [0.05, 0.1) is 22.2 Å². The van der Waals surface area contributed by atoms with Gasteiger partial charge >= 0.3 is 0 Å². The molecule has 1 aromatic carbocycles. The molecule has 112 valence electrons. The van der Waals surface area contributed by atoms with Gasteiger partial charge in [0.1, 0.15) is 6.04 Å². The van der Waals surface area contributed by atoms with Gasteiger partial charge in [-0.2, -0.15) is 5.26 Å². The number of benzene rings is 1. The topological polar surface area (TPSA) is 62.1 Å². The highest BCUT2D eigenvalue weighted by molar-refractivity contribution is 6.42. The number of hydrogen-bond acceptors (Lipinski definition) is 3. The Kier molecular flexibility index (Phi) is 5.86. The first-order valence-corrected chi connectivity index (χ1v) is 7.61. The largest absolute Gasteiger partial charge is 0.378 e. The van der Waals surface area contributed by atoms with E-state index < -0.39 is 6.04 Å². The molecule has 1 aromatic rings. The van der Waals surface area contributed by atoms with Crippen molar-refractivity contribution in [1.82, 2.24) is 5.32 Å². The van der Waals surface area contributed by atoms with Gasteiger partial charge in [-0.3, -0.25) is 4.79 Å². The summed E-state index contributed by atoms with van der Waals surface area (Å²) < 4.78 is 5.47. The summed E-state index contributed by atoms with van der Waals surface area (Å²) in [6.07, 6.45) is 3.26. The summed E-state index contributed by atoms with van der Waals surface area (Å²) in [6, 6.07) is 6.23. The lowest BCUT2D eigenvalue weighted by Gasteiger charge is -2.14. The quantitative estimate of drug-likeness (QED) is 0.898. The Morgan fingerprint density at radius 1 is 1.48 bits per heavy atom. The minimum Gasteiger partial charge on any atom is -0.378 e. The zero-order valence-electron chi connectivity index (χ0n) is 11.4. The van der Waals surface area contributed by atoms with Crippen LogP contribution in [0.1, 0.15) is 37.3 Å². The zero-order chi connectivity index (χ0) is 15.2. The van der Waals surface area contributed by atoms with E-state index in [1.807, 2.05) is 0 Å². The molecule has 1 saturated heterocycles. The Hall–Kier alpha value is -1.28. The molecule has 1 aliphatic heterocycles. The molecule has 0 saturated carbocycles. The third-order valence-electron chi connectivity index (χ3n) is 3.43. The van der Waals surface area contributed by atoms with E-state index in [2.05, 4.69) is 11.4 Å². The molecule has 1 aliphatic rings. The van der Waals surface area contributed by atoms with Crippen LogP contribution in [0.4, 0.5) is 0 Å². The van der Waals surface area contributed by atoms with Crippen molar-refractivity contribution in [1.29, 1.82) is 5.26 Å². The predicted octanol–water partition coefficient (Wildman–Crippen LogP) is 3.63. The molecule has 2 unspecified atom stereocenters. The van der Waals surface area contributed by atoms with Crippen LogP contribution >= 0.6 is 23.2 Å². The highest BCUT2D eigenvalue weighted by Crippen LogP contribution is 2.25. The van der Waals surface area contributed by atoms with Crippen LogP contribution in [0.2, 0.25) is 10.0 Å². The van der Waals surface area contributed by atoms with Gasteiger partial charge in [-0.25, -0.2) is 0 Å². The number of nitrogens with one attached hydrogen (secondary N) is 1. The van der Waals surface area contributed by atoms with Gasteiger partial charge in [-0.15, -0.1) is 0 Å². The average molecular weight is 327 g/mol. The third kappa shape index (κ3) is 4.60. The highest BCUT2D eigenvalue weighted by Gasteiger charge is 2.19. The van der Waals surface area contributed by atoms with Crippen LogP contribution in [0.5, 0.6) is 0 Å². The minimum absolute atomic E-state index is 0.164. The summed E-state index contributed by atoms with van der Waals surface area (Å²) in [7, 11) is 0. The van der Waals surface area contributed by atoms with Crippen molar-refractivity contribution in [2.75, 3.05) is 6.61 Å². The summed E-state index contributed by atoms with van der Waals surface area (Å²) in [5.41, 5.74) is 0.623. The second-order valence-electron chi connectivity index (χ2n) is 4.98. The number of rotatable bonds is 5. The number of carbonyl (C=O) groups excluding carboxylic acids is 1. The van der Waals surface area contributed by atoms with E-state index in [1.165, 1.54) is 0 Å². The van der Waals surface area contributed by atoms with E-state index in [0.29, 0.717) is 28.5 Å². The van der Waals surface area contributed by atoms with Crippen molar-refractivity contribution in [3.8, 4) is 6.07 Å².